The van der Waals surface area contributed by atoms with Crippen LogP contribution in [0.1, 0.15) is 5.56 Å². The van der Waals surface area contributed by atoms with E-state index in [1.165, 1.54) is 0 Å². The lowest BCUT2D eigenvalue weighted by molar-refractivity contribution is 0.593. The SMILES string of the molecule is C=C(c1ccccc1)P(=O)(c1cccc2ccccc12)c1cccc2ccccc12. The minimum atomic E-state index is -3.22. The van der Waals surface area contributed by atoms with Gasteiger partial charge in [0.1, 0.15) is 0 Å². The monoisotopic (exact) mass is 404 g/mol. The number of hydrogen-bond acceptors (Lipinski definition) is 1. The maximum atomic E-state index is 15.2. The first-order chi connectivity index (χ1) is 14.7. The zero-order valence-corrected chi connectivity index (χ0v) is 17.4. The van der Waals surface area contributed by atoms with Crippen LogP contribution in [0.25, 0.3) is 26.9 Å². The minimum Gasteiger partial charge on any atom is -0.309 e. The summed E-state index contributed by atoms with van der Waals surface area (Å²) in [7, 11) is -3.22. The largest absolute Gasteiger partial charge is 0.309 e. The summed E-state index contributed by atoms with van der Waals surface area (Å²) in [5.41, 5.74) is 0.904. The van der Waals surface area contributed by atoms with E-state index in [9.17, 15) is 0 Å². The van der Waals surface area contributed by atoms with Crippen LogP contribution in [-0.2, 0) is 4.57 Å². The van der Waals surface area contributed by atoms with Crippen molar-refractivity contribution >= 4 is 44.6 Å². The second-order valence-corrected chi connectivity index (χ2v) is 10.1. The Morgan fingerprint density at radius 1 is 0.533 bits per heavy atom. The zero-order valence-electron chi connectivity index (χ0n) is 16.5. The van der Waals surface area contributed by atoms with E-state index >= 15 is 4.57 Å². The quantitative estimate of drug-likeness (QED) is 0.295. The molecule has 0 aliphatic heterocycles. The maximum Gasteiger partial charge on any atom is 0.172 e. The van der Waals surface area contributed by atoms with Crippen LogP contribution in [0.4, 0.5) is 0 Å². The first kappa shape index (κ1) is 18.6. The third kappa shape index (κ3) is 2.91. The van der Waals surface area contributed by atoms with Crippen molar-refractivity contribution in [2.24, 2.45) is 0 Å². The summed E-state index contributed by atoms with van der Waals surface area (Å²) in [6, 6.07) is 38.3. The number of benzene rings is 5. The van der Waals surface area contributed by atoms with Crippen molar-refractivity contribution in [2.75, 3.05) is 0 Å². The Bertz CT molecular complexity index is 1340. The van der Waals surface area contributed by atoms with Crippen molar-refractivity contribution in [3.8, 4) is 0 Å². The Morgan fingerprint density at radius 3 is 1.50 bits per heavy atom. The molecule has 30 heavy (non-hydrogen) atoms. The number of hydrogen-bond donors (Lipinski definition) is 0. The van der Waals surface area contributed by atoms with Crippen LogP contribution in [-0.4, -0.2) is 0 Å². The molecule has 0 saturated heterocycles. The summed E-state index contributed by atoms with van der Waals surface area (Å²) in [4.78, 5) is 0. The average Bonchev–Trinajstić information content (AvgIpc) is 2.83. The summed E-state index contributed by atoms with van der Waals surface area (Å²) in [6.07, 6.45) is 0. The summed E-state index contributed by atoms with van der Waals surface area (Å²) in [6.45, 7) is 4.40. The highest BCUT2D eigenvalue weighted by Gasteiger charge is 2.34. The number of fused-ring (bicyclic) bond motifs is 2. The van der Waals surface area contributed by atoms with Crippen LogP contribution in [0.3, 0.4) is 0 Å². The molecule has 0 aliphatic carbocycles. The van der Waals surface area contributed by atoms with Crippen molar-refractivity contribution in [3.05, 3.63) is 127 Å². The molecule has 1 nitrogen and oxygen atoms in total. The standard InChI is InChI=1S/C28H21OP/c1-21(22-11-3-2-4-12-22)30(29,27-19-9-15-23-13-5-7-17-25(23)27)28-20-10-16-24-14-6-8-18-26(24)28/h2-20H,1H2. The lowest BCUT2D eigenvalue weighted by Gasteiger charge is -2.25. The summed E-state index contributed by atoms with van der Waals surface area (Å²) in [5.74, 6) is 0. The minimum absolute atomic E-state index is 0.663. The molecular weight excluding hydrogens is 383 g/mol. The van der Waals surface area contributed by atoms with Gasteiger partial charge in [-0.3, -0.25) is 0 Å². The molecule has 0 unspecified atom stereocenters. The average molecular weight is 404 g/mol. The second-order valence-electron chi connectivity index (χ2n) is 7.42. The fraction of sp³-hybridized carbons (Fsp3) is 0. The van der Waals surface area contributed by atoms with Gasteiger partial charge in [0.05, 0.1) is 0 Å². The van der Waals surface area contributed by atoms with Gasteiger partial charge in [-0.25, -0.2) is 0 Å². The van der Waals surface area contributed by atoms with E-state index in [2.05, 4.69) is 43.0 Å². The molecule has 0 saturated carbocycles. The normalized spacial score (nSPS) is 11.6. The summed E-state index contributed by atoms with van der Waals surface area (Å²) < 4.78 is 15.2. The first-order valence-electron chi connectivity index (χ1n) is 10.0. The van der Waals surface area contributed by atoms with Crippen molar-refractivity contribution in [2.45, 2.75) is 0 Å². The fourth-order valence-electron chi connectivity index (χ4n) is 4.20. The van der Waals surface area contributed by atoms with Crippen molar-refractivity contribution in [1.82, 2.24) is 0 Å². The molecule has 0 spiro atoms. The van der Waals surface area contributed by atoms with Gasteiger partial charge in [-0.2, -0.15) is 0 Å². The van der Waals surface area contributed by atoms with Crippen molar-refractivity contribution in [1.29, 1.82) is 0 Å². The molecule has 5 rings (SSSR count). The molecule has 5 aromatic carbocycles. The highest BCUT2D eigenvalue weighted by Crippen LogP contribution is 2.57. The predicted molar refractivity (Wildman–Crippen MR) is 130 cm³/mol. The highest BCUT2D eigenvalue weighted by atomic mass is 31.2. The van der Waals surface area contributed by atoms with Crippen LogP contribution < -0.4 is 10.6 Å². The molecule has 0 amide bonds. The van der Waals surface area contributed by atoms with Gasteiger partial charge in [0, 0.05) is 15.9 Å². The Labute approximate surface area is 176 Å². The van der Waals surface area contributed by atoms with E-state index in [0.29, 0.717) is 5.31 Å². The molecule has 0 fully saturated rings. The predicted octanol–water partition coefficient (Wildman–Crippen LogP) is 6.98. The molecule has 0 aliphatic rings. The van der Waals surface area contributed by atoms with Crippen LogP contribution in [0.2, 0.25) is 0 Å². The molecule has 0 bridgehead atoms. The maximum absolute atomic E-state index is 15.2. The van der Waals surface area contributed by atoms with Gasteiger partial charge in [0.2, 0.25) is 0 Å². The molecule has 0 aromatic heterocycles. The van der Waals surface area contributed by atoms with Gasteiger partial charge >= 0.3 is 0 Å². The molecule has 0 heterocycles. The van der Waals surface area contributed by atoms with E-state index in [1.807, 2.05) is 78.9 Å². The highest BCUT2D eigenvalue weighted by molar-refractivity contribution is 7.88. The molecule has 0 N–H and O–H groups in total. The fourth-order valence-corrected chi connectivity index (χ4v) is 7.23. The summed E-state index contributed by atoms with van der Waals surface area (Å²) >= 11 is 0. The van der Waals surface area contributed by atoms with Crippen LogP contribution in [0.15, 0.2) is 122 Å². The molecular formula is C28H21OP. The Balaban J connectivity index is 1.90. The first-order valence-corrected chi connectivity index (χ1v) is 11.7. The van der Waals surface area contributed by atoms with Crippen molar-refractivity contribution in [3.63, 3.8) is 0 Å². The molecule has 2 heteroatoms. The van der Waals surface area contributed by atoms with E-state index in [-0.39, 0.29) is 0 Å². The van der Waals surface area contributed by atoms with Gasteiger partial charge < -0.3 is 4.57 Å². The van der Waals surface area contributed by atoms with Crippen LogP contribution >= 0.6 is 7.14 Å². The third-order valence-electron chi connectivity index (χ3n) is 5.70. The molecule has 0 atom stereocenters. The van der Waals surface area contributed by atoms with Gasteiger partial charge in [-0.1, -0.05) is 122 Å². The van der Waals surface area contributed by atoms with E-state index < -0.39 is 7.14 Å². The van der Waals surface area contributed by atoms with Crippen LogP contribution in [0, 0.1) is 0 Å². The van der Waals surface area contributed by atoms with Gasteiger partial charge in [0.25, 0.3) is 0 Å². The summed E-state index contributed by atoms with van der Waals surface area (Å²) in [5, 5.41) is 6.52. The molecule has 5 aromatic rings. The van der Waals surface area contributed by atoms with Gasteiger partial charge in [-0.15, -0.1) is 0 Å². The van der Waals surface area contributed by atoms with E-state index in [4.69, 9.17) is 0 Å². The number of rotatable bonds is 4. The lowest BCUT2D eigenvalue weighted by atomic mass is 10.1. The van der Waals surface area contributed by atoms with Gasteiger partial charge in [0.15, 0.2) is 7.14 Å². The third-order valence-corrected chi connectivity index (χ3v) is 8.85. The zero-order chi connectivity index (χ0) is 20.6. The Morgan fingerprint density at radius 2 is 0.967 bits per heavy atom. The Hall–Kier alpha value is -3.41. The van der Waals surface area contributed by atoms with E-state index in [0.717, 1.165) is 37.7 Å². The second kappa shape index (κ2) is 7.44. The van der Waals surface area contributed by atoms with Crippen LogP contribution in [0.5, 0.6) is 0 Å². The smallest absolute Gasteiger partial charge is 0.172 e. The Kier molecular flexibility index (Phi) is 4.62. The van der Waals surface area contributed by atoms with Crippen molar-refractivity contribution < 1.29 is 4.57 Å². The molecule has 0 radical (unpaired) electrons. The topological polar surface area (TPSA) is 17.1 Å². The van der Waals surface area contributed by atoms with E-state index in [1.54, 1.807) is 0 Å². The molecule has 144 valence electrons. The lowest BCUT2D eigenvalue weighted by Crippen LogP contribution is -2.18. The van der Waals surface area contributed by atoms with Gasteiger partial charge in [-0.05, 0) is 27.1 Å².